The van der Waals surface area contributed by atoms with E-state index in [-0.39, 0.29) is 46.2 Å². The standard InChI is InChI=1S/C27H15N2Se.C5H8O2.Ir/c1-2-9-18(10-3-1)29-21-13-6-11-19-25(21)26-22(29)14-7-15-23(26)30-24-16-17-8-4-5-12-20(17)28-27(19)24;1-4(6)3-5(2)7;/h1-10,12-16H;3,6H,1-2H3;/q-1;;/b;4-3-;. The number of ketones is 1. The van der Waals surface area contributed by atoms with E-state index in [9.17, 15) is 4.79 Å². The number of pyridine rings is 1. The number of carbonyl (C=O) groups is 1. The number of para-hydroxylation sites is 2. The molecule has 0 atom stereocenters. The molecule has 189 valence electrons. The van der Waals surface area contributed by atoms with Crippen molar-refractivity contribution in [3.05, 3.63) is 109 Å². The van der Waals surface area contributed by atoms with Crippen molar-refractivity contribution in [2.24, 2.45) is 0 Å². The molecule has 0 aliphatic heterocycles. The first-order valence-corrected chi connectivity index (χ1v) is 13.7. The molecule has 3 heterocycles. The second-order valence-electron chi connectivity index (χ2n) is 8.96. The topological polar surface area (TPSA) is 55.1 Å². The molecular weight excluding hydrogens is 716 g/mol. The third kappa shape index (κ3) is 4.62. The summed E-state index contributed by atoms with van der Waals surface area (Å²) in [5.41, 5.74) is 5.79. The Kier molecular flexibility index (Phi) is 7.34. The van der Waals surface area contributed by atoms with Crippen LogP contribution in [0.25, 0.3) is 57.8 Å². The average Bonchev–Trinajstić information content (AvgIpc) is 3.16. The molecule has 0 aliphatic rings. The van der Waals surface area contributed by atoms with E-state index in [1.807, 2.05) is 0 Å². The van der Waals surface area contributed by atoms with Gasteiger partial charge >= 0.3 is 179 Å². The minimum absolute atomic E-state index is 0. The fourth-order valence-corrected chi connectivity index (χ4v) is 7.26. The Morgan fingerprint density at radius 3 is 2.37 bits per heavy atom. The van der Waals surface area contributed by atoms with Gasteiger partial charge in [0.25, 0.3) is 0 Å². The zero-order valence-electron chi connectivity index (χ0n) is 20.7. The van der Waals surface area contributed by atoms with Gasteiger partial charge in [0.05, 0.1) is 5.76 Å². The van der Waals surface area contributed by atoms with Gasteiger partial charge in [0.1, 0.15) is 0 Å². The first kappa shape index (κ1) is 26.1. The number of aromatic nitrogens is 2. The number of carbonyl (C=O) groups excluding carboxylic acids is 1. The number of nitrogens with zero attached hydrogens (tertiary/aromatic N) is 2. The molecule has 3 aromatic heterocycles. The van der Waals surface area contributed by atoms with Gasteiger partial charge in [0.15, 0.2) is 5.78 Å². The molecule has 0 spiro atoms. The zero-order chi connectivity index (χ0) is 25.5. The van der Waals surface area contributed by atoms with Crippen LogP contribution < -0.4 is 0 Å². The van der Waals surface area contributed by atoms with Gasteiger partial charge in [-0.25, -0.2) is 0 Å². The Bertz CT molecular complexity index is 1980. The Morgan fingerprint density at radius 2 is 1.63 bits per heavy atom. The summed E-state index contributed by atoms with van der Waals surface area (Å²) < 4.78 is 5.13. The van der Waals surface area contributed by atoms with Crippen LogP contribution >= 0.6 is 0 Å². The predicted molar refractivity (Wildman–Crippen MR) is 154 cm³/mol. The van der Waals surface area contributed by atoms with Gasteiger partial charge in [-0.3, -0.25) is 4.79 Å². The summed E-state index contributed by atoms with van der Waals surface area (Å²) in [4.78, 5) is 15.1. The third-order valence-corrected chi connectivity index (χ3v) is 8.57. The maximum atomic E-state index is 10.0. The molecule has 7 aromatic rings. The molecule has 0 unspecified atom stereocenters. The predicted octanol–water partition coefficient (Wildman–Crippen LogP) is 7.53. The normalized spacial score (nSPS) is 11.6. The van der Waals surface area contributed by atoms with Crippen LogP contribution in [-0.2, 0) is 24.9 Å². The summed E-state index contributed by atoms with van der Waals surface area (Å²) in [5, 5.41) is 13.3. The molecule has 0 bridgehead atoms. The van der Waals surface area contributed by atoms with E-state index in [1.54, 1.807) is 0 Å². The second kappa shape index (κ2) is 10.7. The van der Waals surface area contributed by atoms with Gasteiger partial charge in [-0.2, -0.15) is 0 Å². The van der Waals surface area contributed by atoms with Crippen LogP contribution in [0.5, 0.6) is 0 Å². The van der Waals surface area contributed by atoms with Gasteiger partial charge in [0.2, 0.25) is 0 Å². The Hall–Kier alpha value is -3.53. The number of allylic oxidation sites excluding steroid dienone is 2. The molecule has 4 aromatic carbocycles. The third-order valence-electron chi connectivity index (χ3n) is 6.28. The van der Waals surface area contributed by atoms with Crippen molar-refractivity contribution in [3.8, 4) is 5.69 Å². The molecule has 6 heteroatoms. The summed E-state index contributed by atoms with van der Waals surface area (Å²) >= 11 is 0.175. The number of hydrogen-bond donors (Lipinski definition) is 1. The molecule has 0 amide bonds. The van der Waals surface area contributed by atoms with Crippen molar-refractivity contribution in [2.45, 2.75) is 13.8 Å². The fourth-order valence-electron chi connectivity index (χ4n) is 4.91. The molecule has 4 nitrogen and oxygen atoms in total. The molecule has 0 saturated heterocycles. The van der Waals surface area contributed by atoms with Crippen LogP contribution in [0.1, 0.15) is 13.8 Å². The fraction of sp³-hybridized carbons (Fsp3) is 0.0625. The van der Waals surface area contributed by atoms with Gasteiger partial charge < -0.3 is 5.11 Å². The first-order chi connectivity index (χ1) is 18.0. The van der Waals surface area contributed by atoms with E-state index in [4.69, 9.17) is 10.1 Å². The SMILES string of the molecule is CC(=O)/C=C(/C)O.[Ir].[c-]1ccc2c3c1c1nc4ccccc4cc1[se]c1cccc(c13)n2-c1ccccc1. The van der Waals surface area contributed by atoms with Crippen molar-refractivity contribution in [1.29, 1.82) is 0 Å². The number of rotatable bonds is 2. The van der Waals surface area contributed by atoms with E-state index >= 15 is 0 Å². The van der Waals surface area contributed by atoms with E-state index < -0.39 is 0 Å². The quantitative estimate of drug-likeness (QED) is 0.0865. The van der Waals surface area contributed by atoms with Crippen LogP contribution in [0.2, 0.25) is 0 Å². The van der Waals surface area contributed by atoms with Crippen molar-refractivity contribution in [3.63, 3.8) is 0 Å². The zero-order valence-corrected chi connectivity index (χ0v) is 24.8. The molecule has 1 radical (unpaired) electrons. The number of benzene rings is 4. The van der Waals surface area contributed by atoms with Crippen molar-refractivity contribution in [2.75, 3.05) is 0 Å². The molecule has 0 saturated carbocycles. The Labute approximate surface area is 239 Å². The summed E-state index contributed by atoms with van der Waals surface area (Å²) in [6.45, 7) is 2.85. The van der Waals surface area contributed by atoms with Crippen LogP contribution in [0.4, 0.5) is 0 Å². The molecular formula is C32H23IrN2O2Se-. The number of aliphatic hydroxyl groups is 1. The first-order valence-electron chi connectivity index (χ1n) is 12.0. The van der Waals surface area contributed by atoms with E-state index in [0.29, 0.717) is 0 Å². The monoisotopic (exact) mass is 740 g/mol. The summed E-state index contributed by atoms with van der Waals surface area (Å²) in [5.74, 6) is -0.0625. The van der Waals surface area contributed by atoms with Crippen LogP contribution in [0.3, 0.4) is 0 Å². The van der Waals surface area contributed by atoms with Crippen molar-refractivity contribution >= 4 is 72.4 Å². The molecule has 38 heavy (non-hydrogen) atoms. The minimum atomic E-state index is -0.125. The van der Waals surface area contributed by atoms with Gasteiger partial charge in [-0.05, 0) is 13.8 Å². The maximum absolute atomic E-state index is 10.0. The molecule has 1 N–H and O–H groups in total. The van der Waals surface area contributed by atoms with E-state index in [0.717, 1.165) is 16.4 Å². The molecule has 0 fully saturated rings. The summed E-state index contributed by atoms with van der Waals surface area (Å²) in [7, 11) is 0. The van der Waals surface area contributed by atoms with Crippen LogP contribution in [0.15, 0.2) is 103 Å². The summed E-state index contributed by atoms with van der Waals surface area (Å²) in [6.07, 6.45) is 1.17. The number of aliphatic hydroxyl groups excluding tert-OH is 1. The molecule has 0 aliphatic carbocycles. The second-order valence-corrected chi connectivity index (χ2v) is 11.2. The van der Waals surface area contributed by atoms with E-state index in [2.05, 4.69) is 102 Å². The van der Waals surface area contributed by atoms with Crippen molar-refractivity contribution in [1.82, 2.24) is 9.55 Å². The van der Waals surface area contributed by atoms with Gasteiger partial charge in [0, 0.05) is 26.2 Å². The van der Waals surface area contributed by atoms with E-state index in [1.165, 1.54) is 61.3 Å². The van der Waals surface area contributed by atoms with Gasteiger partial charge in [-0.15, -0.1) is 0 Å². The molecule has 7 rings (SSSR count). The van der Waals surface area contributed by atoms with Crippen LogP contribution in [0, 0.1) is 6.07 Å². The summed E-state index contributed by atoms with van der Waals surface area (Å²) in [6, 6.07) is 35.9. The average molecular weight is 739 g/mol. The van der Waals surface area contributed by atoms with Crippen LogP contribution in [-0.4, -0.2) is 34.9 Å². The number of hydrogen-bond acceptors (Lipinski definition) is 3. The number of fused-ring (bicyclic) bond motifs is 3. The van der Waals surface area contributed by atoms with Crippen molar-refractivity contribution < 1.29 is 30.0 Å². The Morgan fingerprint density at radius 1 is 0.895 bits per heavy atom. The van der Waals surface area contributed by atoms with Gasteiger partial charge in [-0.1, -0.05) is 0 Å². The Balaban J connectivity index is 0.000000329.